The zero-order chi connectivity index (χ0) is 23.5. The first-order chi connectivity index (χ1) is 16.0. The Morgan fingerprint density at radius 3 is 2.52 bits per heavy atom. The average Bonchev–Trinajstić information content (AvgIpc) is 3.33. The van der Waals surface area contributed by atoms with Gasteiger partial charge in [0.15, 0.2) is 0 Å². The van der Waals surface area contributed by atoms with Crippen molar-refractivity contribution >= 4 is 33.6 Å². The Bertz CT molecular complexity index is 1010. The first kappa shape index (κ1) is 24.5. The van der Waals surface area contributed by atoms with E-state index in [1.807, 2.05) is 48.5 Å². The van der Waals surface area contributed by atoms with E-state index >= 15 is 0 Å². The molecule has 0 saturated heterocycles. The number of hydrogen-bond donors (Lipinski definition) is 1. The van der Waals surface area contributed by atoms with Crippen LogP contribution in [0.1, 0.15) is 11.3 Å². The Balaban J connectivity index is 1.69. The van der Waals surface area contributed by atoms with E-state index in [1.54, 1.807) is 36.5 Å². The predicted octanol–water partition coefficient (Wildman–Crippen LogP) is 4.79. The molecule has 0 bridgehead atoms. The number of amides is 3. The summed E-state index contributed by atoms with van der Waals surface area (Å²) in [6, 6.07) is 20.6. The van der Waals surface area contributed by atoms with E-state index in [-0.39, 0.29) is 25.0 Å². The summed E-state index contributed by atoms with van der Waals surface area (Å²) in [6.07, 6.45) is 2.29. The molecule has 8 heteroatoms. The maximum Gasteiger partial charge on any atom is 0.322 e. The normalized spacial score (nSPS) is 10.6. The average molecular weight is 514 g/mol. The molecule has 0 atom stereocenters. The molecule has 0 unspecified atom stereocenters. The van der Waals surface area contributed by atoms with Gasteiger partial charge in [-0.05, 0) is 42.3 Å². The smallest absolute Gasteiger partial charge is 0.322 e. The molecule has 1 aromatic heterocycles. The molecule has 3 amide bonds. The molecule has 7 nitrogen and oxygen atoms in total. The standard InChI is InChI=1S/C25H28BrN3O4/c1-32-16-14-29(25(31)27-22-10-5-9-21(26)17-22)19-24(30)28(18-23-11-6-15-33-23)13-12-20-7-3-2-4-8-20/h2-11,15,17H,12-14,16,18-19H2,1H3,(H,27,31). The molecule has 0 saturated carbocycles. The number of carbonyl (C=O) groups excluding carboxylic acids is 2. The fourth-order valence-electron chi connectivity index (χ4n) is 3.28. The number of carbonyl (C=O) groups is 2. The molecule has 0 spiro atoms. The molecular weight excluding hydrogens is 486 g/mol. The van der Waals surface area contributed by atoms with E-state index in [4.69, 9.17) is 9.15 Å². The van der Waals surface area contributed by atoms with Crippen molar-refractivity contribution in [2.75, 3.05) is 38.7 Å². The van der Waals surface area contributed by atoms with Gasteiger partial charge < -0.3 is 24.3 Å². The van der Waals surface area contributed by atoms with Crippen LogP contribution in [-0.4, -0.2) is 55.1 Å². The number of urea groups is 1. The second kappa shape index (κ2) is 12.8. The number of halogens is 1. The fourth-order valence-corrected chi connectivity index (χ4v) is 3.68. The van der Waals surface area contributed by atoms with E-state index in [2.05, 4.69) is 21.2 Å². The lowest BCUT2D eigenvalue weighted by molar-refractivity contribution is -0.132. The van der Waals surface area contributed by atoms with Crippen LogP contribution in [0.5, 0.6) is 0 Å². The first-order valence-electron chi connectivity index (χ1n) is 10.7. The molecule has 33 heavy (non-hydrogen) atoms. The third-order valence-corrected chi connectivity index (χ3v) is 5.54. The Morgan fingerprint density at radius 1 is 1.00 bits per heavy atom. The van der Waals surface area contributed by atoms with Crippen molar-refractivity contribution < 1.29 is 18.7 Å². The summed E-state index contributed by atoms with van der Waals surface area (Å²) >= 11 is 3.40. The van der Waals surface area contributed by atoms with E-state index in [0.717, 1.165) is 10.0 Å². The van der Waals surface area contributed by atoms with Crippen LogP contribution in [-0.2, 0) is 22.5 Å². The van der Waals surface area contributed by atoms with Crippen molar-refractivity contribution in [3.63, 3.8) is 0 Å². The zero-order valence-corrected chi connectivity index (χ0v) is 20.2. The van der Waals surface area contributed by atoms with Crippen LogP contribution in [0, 0.1) is 0 Å². The third-order valence-electron chi connectivity index (χ3n) is 5.05. The number of anilines is 1. The number of hydrogen-bond acceptors (Lipinski definition) is 4. The van der Waals surface area contributed by atoms with Gasteiger partial charge >= 0.3 is 6.03 Å². The first-order valence-corrected chi connectivity index (χ1v) is 11.5. The number of furan rings is 1. The maximum atomic E-state index is 13.3. The van der Waals surface area contributed by atoms with Gasteiger partial charge in [0.25, 0.3) is 0 Å². The Hall–Kier alpha value is -3.10. The summed E-state index contributed by atoms with van der Waals surface area (Å²) in [5.74, 6) is 0.529. The lowest BCUT2D eigenvalue weighted by atomic mass is 10.1. The van der Waals surface area contributed by atoms with Gasteiger partial charge in [0, 0.05) is 30.4 Å². The van der Waals surface area contributed by atoms with Crippen LogP contribution in [0.15, 0.2) is 81.9 Å². The molecule has 0 fully saturated rings. The summed E-state index contributed by atoms with van der Waals surface area (Å²) in [7, 11) is 1.56. The maximum absolute atomic E-state index is 13.3. The molecule has 2 aromatic carbocycles. The van der Waals surface area contributed by atoms with Crippen LogP contribution in [0.3, 0.4) is 0 Å². The van der Waals surface area contributed by atoms with E-state index in [9.17, 15) is 9.59 Å². The minimum atomic E-state index is -0.362. The number of benzene rings is 2. The van der Waals surface area contributed by atoms with Gasteiger partial charge in [-0.25, -0.2) is 4.79 Å². The van der Waals surface area contributed by atoms with Crippen LogP contribution in [0.4, 0.5) is 10.5 Å². The highest BCUT2D eigenvalue weighted by Crippen LogP contribution is 2.16. The van der Waals surface area contributed by atoms with Crippen molar-refractivity contribution in [3.05, 3.63) is 88.8 Å². The molecular formula is C25H28BrN3O4. The topological polar surface area (TPSA) is 75.0 Å². The van der Waals surface area contributed by atoms with Crippen LogP contribution < -0.4 is 5.32 Å². The summed E-state index contributed by atoms with van der Waals surface area (Å²) in [5.41, 5.74) is 1.78. The number of nitrogens with zero attached hydrogens (tertiary/aromatic N) is 2. The number of ether oxygens (including phenoxy) is 1. The van der Waals surface area contributed by atoms with Gasteiger partial charge in [-0.15, -0.1) is 0 Å². The minimum absolute atomic E-state index is 0.0707. The number of nitrogens with one attached hydrogen (secondary N) is 1. The fraction of sp³-hybridized carbons (Fsp3) is 0.280. The Labute approximate surface area is 202 Å². The molecule has 1 heterocycles. The number of rotatable bonds is 11. The van der Waals surface area contributed by atoms with Gasteiger partial charge in [-0.2, -0.15) is 0 Å². The Morgan fingerprint density at radius 2 is 1.82 bits per heavy atom. The minimum Gasteiger partial charge on any atom is -0.467 e. The quantitative estimate of drug-likeness (QED) is 0.399. The summed E-state index contributed by atoms with van der Waals surface area (Å²) in [6.45, 7) is 1.38. The van der Waals surface area contributed by atoms with Gasteiger partial charge in [0.2, 0.25) is 5.91 Å². The van der Waals surface area contributed by atoms with Crippen molar-refractivity contribution in [1.82, 2.24) is 9.80 Å². The monoisotopic (exact) mass is 513 g/mol. The molecule has 0 aliphatic heterocycles. The molecule has 3 aromatic rings. The zero-order valence-electron chi connectivity index (χ0n) is 18.6. The second-order valence-corrected chi connectivity index (χ2v) is 8.40. The van der Waals surface area contributed by atoms with Crippen molar-refractivity contribution in [2.24, 2.45) is 0 Å². The van der Waals surface area contributed by atoms with Crippen LogP contribution >= 0.6 is 15.9 Å². The largest absolute Gasteiger partial charge is 0.467 e. The highest BCUT2D eigenvalue weighted by atomic mass is 79.9. The van der Waals surface area contributed by atoms with Gasteiger partial charge in [-0.1, -0.05) is 52.3 Å². The summed E-state index contributed by atoms with van der Waals surface area (Å²) < 4.78 is 11.5. The van der Waals surface area contributed by atoms with Crippen LogP contribution in [0.2, 0.25) is 0 Å². The molecule has 0 aliphatic rings. The van der Waals surface area contributed by atoms with Crippen LogP contribution in [0.25, 0.3) is 0 Å². The molecule has 0 radical (unpaired) electrons. The van der Waals surface area contributed by atoms with Crippen molar-refractivity contribution in [1.29, 1.82) is 0 Å². The molecule has 1 N–H and O–H groups in total. The highest BCUT2D eigenvalue weighted by Gasteiger charge is 2.22. The summed E-state index contributed by atoms with van der Waals surface area (Å²) in [4.78, 5) is 29.4. The third kappa shape index (κ3) is 8.07. The highest BCUT2D eigenvalue weighted by molar-refractivity contribution is 9.10. The lowest BCUT2D eigenvalue weighted by Gasteiger charge is -2.27. The SMILES string of the molecule is COCCN(CC(=O)N(CCc1ccccc1)Cc1ccco1)C(=O)Nc1cccc(Br)c1. The van der Waals surface area contributed by atoms with Crippen molar-refractivity contribution in [3.8, 4) is 0 Å². The van der Waals surface area contributed by atoms with Crippen molar-refractivity contribution in [2.45, 2.75) is 13.0 Å². The molecule has 3 rings (SSSR count). The Kier molecular flexibility index (Phi) is 9.53. The second-order valence-electron chi connectivity index (χ2n) is 7.49. The van der Waals surface area contributed by atoms with Gasteiger partial charge in [0.1, 0.15) is 12.3 Å². The summed E-state index contributed by atoms with van der Waals surface area (Å²) in [5, 5.41) is 2.85. The predicted molar refractivity (Wildman–Crippen MR) is 131 cm³/mol. The van der Waals surface area contributed by atoms with E-state index in [0.29, 0.717) is 37.6 Å². The molecule has 174 valence electrons. The molecule has 0 aliphatic carbocycles. The van der Waals surface area contributed by atoms with E-state index in [1.165, 1.54) is 4.90 Å². The van der Waals surface area contributed by atoms with E-state index < -0.39 is 0 Å². The number of methoxy groups -OCH3 is 1. The van der Waals surface area contributed by atoms with Gasteiger partial charge in [0.05, 0.1) is 19.4 Å². The van der Waals surface area contributed by atoms with Gasteiger partial charge in [-0.3, -0.25) is 4.79 Å². The lowest BCUT2D eigenvalue weighted by Crippen LogP contribution is -2.46.